The predicted octanol–water partition coefficient (Wildman–Crippen LogP) is 3.44. The maximum absolute atomic E-state index is 13.0. The number of hydrogen-bond acceptors (Lipinski definition) is 1. The third-order valence-electron chi connectivity index (χ3n) is 3.58. The summed E-state index contributed by atoms with van der Waals surface area (Å²) in [5.74, 6) is 0.415. The van der Waals surface area contributed by atoms with E-state index in [1.165, 1.54) is 25.0 Å². The van der Waals surface area contributed by atoms with Crippen molar-refractivity contribution in [1.29, 1.82) is 0 Å². The van der Waals surface area contributed by atoms with Crippen LogP contribution in [-0.2, 0) is 0 Å². The second-order valence-corrected chi connectivity index (χ2v) is 5.22. The lowest BCUT2D eigenvalue weighted by atomic mass is 10.0. The highest BCUT2D eigenvalue weighted by Crippen LogP contribution is 2.34. The van der Waals surface area contributed by atoms with E-state index in [0.29, 0.717) is 11.1 Å². The van der Waals surface area contributed by atoms with Crippen LogP contribution in [0.2, 0.25) is 0 Å². The average Bonchev–Trinajstić information content (AvgIpc) is 3.11. The summed E-state index contributed by atoms with van der Waals surface area (Å²) in [5, 5.41) is 3.05. The van der Waals surface area contributed by atoms with E-state index in [9.17, 15) is 9.18 Å². The summed E-state index contributed by atoms with van der Waals surface area (Å²) in [4.78, 5) is 12.1. The van der Waals surface area contributed by atoms with Crippen LogP contribution in [0.15, 0.2) is 18.2 Å². The van der Waals surface area contributed by atoms with Gasteiger partial charge >= 0.3 is 0 Å². The number of aryl methyl sites for hydroxylation is 1. The minimum Gasteiger partial charge on any atom is -0.349 e. The lowest BCUT2D eigenvalue weighted by Crippen LogP contribution is -2.35. The van der Waals surface area contributed by atoms with Crippen molar-refractivity contribution in [3.63, 3.8) is 0 Å². The van der Waals surface area contributed by atoms with Crippen LogP contribution >= 0.6 is 0 Å². The Balaban J connectivity index is 2.00. The smallest absolute Gasteiger partial charge is 0.251 e. The van der Waals surface area contributed by atoms with Gasteiger partial charge in [0.25, 0.3) is 5.91 Å². The van der Waals surface area contributed by atoms with Gasteiger partial charge < -0.3 is 5.32 Å². The van der Waals surface area contributed by atoms with E-state index in [1.807, 2.05) is 0 Å². The minimum atomic E-state index is -0.297. The second kappa shape index (κ2) is 5.51. The number of hydrogen-bond donors (Lipinski definition) is 1. The largest absolute Gasteiger partial charge is 0.349 e. The van der Waals surface area contributed by atoms with Crippen LogP contribution in [0, 0.1) is 18.7 Å². The average molecular weight is 249 g/mol. The summed E-state index contributed by atoms with van der Waals surface area (Å²) in [6.07, 6.45) is 4.61. The van der Waals surface area contributed by atoms with Crippen molar-refractivity contribution < 1.29 is 9.18 Å². The third-order valence-corrected chi connectivity index (χ3v) is 3.58. The number of rotatable bonds is 5. The molecule has 0 saturated heterocycles. The van der Waals surface area contributed by atoms with Crippen molar-refractivity contribution in [1.82, 2.24) is 5.32 Å². The maximum atomic E-state index is 13.0. The van der Waals surface area contributed by atoms with Crippen molar-refractivity contribution in [2.75, 3.05) is 0 Å². The van der Waals surface area contributed by atoms with Gasteiger partial charge in [-0.25, -0.2) is 4.39 Å². The van der Waals surface area contributed by atoms with Crippen molar-refractivity contribution in [3.8, 4) is 0 Å². The monoisotopic (exact) mass is 249 g/mol. The summed E-state index contributed by atoms with van der Waals surface area (Å²) in [5.41, 5.74) is 1.26. The van der Waals surface area contributed by atoms with E-state index < -0.39 is 0 Å². The molecule has 1 aliphatic carbocycles. The van der Waals surface area contributed by atoms with Gasteiger partial charge in [0.2, 0.25) is 0 Å². The first kappa shape index (κ1) is 13.1. The third kappa shape index (κ3) is 3.31. The molecule has 1 atom stereocenters. The Morgan fingerprint density at radius 3 is 2.78 bits per heavy atom. The van der Waals surface area contributed by atoms with E-state index in [2.05, 4.69) is 12.2 Å². The van der Waals surface area contributed by atoms with Crippen LogP contribution in [-0.4, -0.2) is 11.9 Å². The van der Waals surface area contributed by atoms with Gasteiger partial charge in [-0.15, -0.1) is 0 Å². The molecule has 1 fully saturated rings. The van der Waals surface area contributed by atoms with E-state index in [1.54, 1.807) is 13.0 Å². The van der Waals surface area contributed by atoms with Gasteiger partial charge in [-0.3, -0.25) is 4.79 Å². The Kier molecular flexibility index (Phi) is 4.00. The maximum Gasteiger partial charge on any atom is 0.251 e. The summed E-state index contributed by atoms with van der Waals surface area (Å²) < 4.78 is 13.0. The summed E-state index contributed by atoms with van der Waals surface area (Å²) in [6, 6.07) is 4.54. The highest BCUT2D eigenvalue weighted by molar-refractivity contribution is 5.95. The van der Waals surface area contributed by atoms with E-state index in [4.69, 9.17) is 0 Å². The predicted molar refractivity (Wildman–Crippen MR) is 70.0 cm³/mol. The zero-order chi connectivity index (χ0) is 13.1. The molecule has 2 nitrogen and oxygen atoms in total. The van der Waals surface area contributed by atoms with Crippen LogP contribution < -0.4 is 5.32 Å². The normalized spacial score (nSPS) is 16.4. The van der Waals surface area contributed by atoms with Gasteiger partial charge in [0.05, 0.1) is 0 Å². The zero-order valence-corrected chi connectivity index (χ0v) is 11.0. The van der Waals surface area contributed by atoms with Gasteiger partial charge in [-0.05, 0) is 49.4 Å². The van der Waals surface area contributed by atoms with Crippen molar-refractivity contribution in [3.05, 3.63) is 35.1 Å². The molecule has 1 aromatic carbocycles. The standard InChI is InChI=1S/C15H20FNO/c1-3-13(9-11-4-5-11)17-15(18)14-7-6-12(16)8-10(14)2/h6-8,11,13H,3-5,9H2,1-2H3,(H,17,18). The first-order valence-corrected chi connectivity index (χ1v) is 6.67. The molecule has 18 heavy (non-hydrogen) atoms. The first-order valence-electron chi connectivity index (χ1n) is 6.67. The Labute approximate surface area is 108 Å². The second-order valence-electron chi connectivity index (χ2n) is 5.22. The molecule has 1 aromatic rings. The van der Waals surface area contributed by atoms with E-state index in [0.717, 1.165) is 18.8 Å². The molecule has 0 aromatic heterocycles. The lowest BCUT2D eigenvalue weighted by molar-refractivity contribution is 0.0932. The van der Waals surface area contributed by atoms with Crippen molar-refractivity contribution >= 4 is 5.91 Å². The molecular weight excluding hydrogens is 229 g/mol. The number of halogens is 1. The van der Waals surface area contributed by atoms with E-state index in [-0.39, 0.29) is 17.8 Å². The van der Waals surface area contributed by atoms with Crippen LogP contribution in [0.1, 0.15) is 48.5 Å². The Hall–Kier alpha value is -1.38. The topological polar surface area (TPSA) is 29.1 Å². The quantitative estimate of drug-likeness (QED) is 0.851. The fourth-order valence-electron chi connectivity index (χ4n) is 2.23. The van der Waals surface area contributed by atoms with Crippen molar-refractivity contribution in [2.45, 2.75) is 45.6 Å². The summed E-state index contributed by atoms with van der Waals surface area (Å²) in [6.45, 7) is 3.85. The van der Waals surface area contributed by atoms with E-state index >= 15 is 0 Å². The van der Waals surface area contributed by atoms with Gasteiger partial charge in [0.1, 0.15) is 5.82 Å². The number of carbonyl (C=O) groups is 1. The molecule has 1 aliphatic rings. The fraction of sp³-hybridized carbons (Fsp3) is 0.533. The summed E-state index contributed by atoms with van der Waals surface area (Å²) in [7, 11) is 0. The molecule has 1 N–H and O–H groups in total. The van der Waals surface area contributed by atoms with Gasteiger partial charge in [-0.1, -0.05) is 19.8 Å². The number of carbonyl (C=O) groups excluding carboxylic acids is 1. The van der Waals surface area contributed by atoms with Gasteiger partial charge in [-0.2, -0.15) is 0 Å². The minimum absolute atomic E-state index is 0.0833. The highest BCUT2D eigenvalue weighted by Gasteiger charge is 2.25. The molecule has 98 valence electrons. The molecule has 3 heteroatoms. The Bertz CT molecular complexity index is 440. The molecular formula is C15H20FNO. The zero-order valence-electron chi connectivity index (χ0n) is 11.0. The SMILES string of the molecule is CCC(CC1CC1)NC(=O)c1ccc(F)cc1C. The molecule has 0 spiro atoms. The molecule has 1 amide bonds. The number of benzene rings is 1. The number of nitrogens with one attached hydrogen (secondary N) is 1. The Morgan fingerprint density at radius 1 is 1.50 bits per heavy atom. The molecule has 0 heterocycles. The first-order chi connectivity index (χ1) is 8.60. The molecule has 0 bridgehead atoms. The van der Waals surface area contributed by atoms with Crippen LogP contribution in [0.25, 0.3) is 0 Å². The van der Waals surface area contributed by atoms with Crippen LogP contribution in [0.5, 0.6) is 0 Å². The van der Waals surface area contributed by atoms with Gasteiger partial charge in [0, 0.05) is 11.6 Å². The Morgan fingerprint density at radius 2 is 2.22 bits per heavy atom. The fourth-order valence-corrected chi connectivity index (χ4v) is 2.23. The molecule has 1 unspecified atom stereocenters. The van der Waals surface area contributed by atoms with Crippen LogP contribution in [0.3, 0.4) is 0 Å². The highest BCUT2D eigenvalue weighted by atomic mass is 19.1. The van der Waals surface area contributed by atoms with Crippen molar-refractivity contribution in [2.24, 2.45) is 5.92 Å². The molecule has 0 aliphatic heterocycles. The summed E-state index contributed by atoms with van der Waals surface area (Å²) >= 11 is 0. The molecule has 0 radical (unpaired) electrons. The molecule has 2 rings (SSSR count). The molecule has 1 saturated carbocycles. The van der Waals surface area contributed by atoms with Crippen LogP contribution in [0.4, 0.5) is 4.39 Å². The van der Waals surface area contributed by atoms with Gasteiger partial charge in [0.15, 0.2) is 0 Å². The lowest BCUT2D eigenvalue weighted by Gasteiger charge is -2.17. The number of amides is 1.